The zero-order valence-corrected chi connectivity index (χ0v) is 52.7. The fourth-order valence-corrected chi connectivity index (χ4v) is 14.5. The molecule has 0 aliphatic carbocycles. The molecule has 0 unspecified atom stereocenters. The fraction of sp³-hybridized carbons (Fsp3) is 0. The molecule has 0 spiro atoms. The van der Waals surface area contributed by atoms with Gasteiger partial charge in [0.25, 0.3) is 0 Å². The number of hydrogen-bond acceptors (Lipinski definition) is 7. The molecular formula is C87H55N11. The van der Waals surface area contributed by atoms with Gasteiger partial charge in [0, 0.05) is 88.9 Å². The summed E-state index contributed by atoms with van der Waals surface area (Å²) < 4.78 is 8.90. The maximum absolute atomic E-state index is 5.27. The number of rotatable bonds is 9. The molecule has 8 heterocycles. The van der Waals surface area contributed by atoms with E-state index in [9.17, 15) is 0 Å². The van der Waals surface area contributed by atoms with Crippen LogP contribution in [0.25, 0.3) is 178 Å². The van der Waals surface area contributed by atoms with Crippen molar-refractivity contribution in [3.63, 3.8) is 0 Å². The molecule has 0 fully saturated rings. The molecule has 12 aromatic carbocycles. The Kier molecular flexibility index (Phi) is 13.3. The molecule has 98 heavy (non-hydrogen) atoms. The predicted octanol–water partition coefficient (Wildman–Crippen LogP) is 21.0. The van der Waals surface area contributed by atoms with Gasteiger partial charge >= 0.3 is 0 Å². The molecule has 0 amide bonds. The normalized spacial score (nSPS) is 11.7. The summed E-state index contributed by atoms with van der Waals surface area (Å²) in [6, 6.07) is 112. The van der Waals surface area contributed by atoms with Crippen LogP contribution in [0.3, 0.4) is 0 Å². The van der Waals surface area contributed by atoms with E-state index in [1.54, 1.807) is 0 Å². The fourth-order valence-electron chi connectivity index (χ4n) is 14.5. The SMILES string of the molecule is c1ccc(-c2nc(-c3ccccc3)nc(-n3c4ccc(-c5cccc6c5c5ccccc5n6-c5ccccc5)cc4c4cccnc43)n2)cc1.c1ccc(-c2nc(-n3c4ccccc4c4c(-c5ccc6c(c5)c5cccnc5n6-c5ccccc5)cccc43)nc3ccccc23)cc1. The van der Waals surface area contributed by atoms with Crippen LogP contribution in [0.2, 0.25) is 0 Å². The van der Waals surface area contributed by atoms with E-state index < -0.39 is 0 Å². The molecule has 458 valence electrons. The van der Waals surface area contributed by atoms with Gasteiger partial charge in [0.15, 0.2) is 11.6 Å². The Morgan fingerprint density at radius 2 is 0.633 bits per heavy atom. The van der Waals surface area contributed by atoms with Crippen molar-refractivity contribution in [2.45, 2.75) is 0 Å². The summed E-state index contributed by atoms with van der Waals surface area (Å²) in [5, 5.41) is 10.2. The third-order valence-corrected chi connectivity index (χ3v) is 18.8. The third-order valence-electron chi connectivity index (χ3n) is 18.8. The van der Waals surface area contributed by atoms with Crippen molar-refractivity contribution >= 4 is 98.4 Å². The van der Waals surface area contributed by atoms with E-state index in [1.165, 1.54) is 38.1 Å². The van der Waals surface area contributed by atoms with Gasteiger partial charge in [0.05, 0.1) is 44.3 Å². The summed E-state index contributed by atoms with van der Waals surface area (Å²) in [5.41, 5.74) is 20.0. The summed E-state index contributed by atoms with van der Waals surface area (Å²) in [5.74, 6) is 2.40. The van der Waals surface area contributed by atoms with E-state index in [0.717, 1.165) is 116 Å². The number of para-hydroxylation sites is 5. The van der Waals surface area contributed by atoms with Crippen LogP contribution < -0.4 is 0 Å². The first-order chi connectivity index (χ1) is 48.6. The van der Waals surface area contributed by atoms with Crippen LogP contribution in [-0.4, -0.2) is 53.2 Å². The molecule has 0 saturated heterocycles. The first kappa shape index (κ1) is 56.1. The molecule has 20 aromatic rings. The number of benzene rings is 12. The highest BCUT2D eigenvalue weighted by molar-refractivity contribution is 6.19. The second-order valence-corrected chi connectivity index (χ2v) is 24.4. The van der Waals surface area contributed by atoms with E-state index >= 15 is 0 Å². The van der Waals surface area contributed by atoms with Gasteiger partial charge in [-0.1, -0.05) is 218 Å². The van der Waals surface area contributed by atoms with Crippen molar-refractivity contribution in [3.8, 4) is 79.6 Å². The van der Waals surface area contributed by atoms with Crippen LogP contribution in [0, 0.1) is 0 Å². The standard InChI is InChI=1S/C44H28N6.C43H27N5/c1-4-14-29(15-5-1)41-46-42(30-16-6-2-7-17-30)48-44(47-41)50-38-26-25-31(28-36(38)34-22-13-27-45-43(34)50)33-21-12-24-39-40(33)35-20-10-11-23-37(35)49(39)32-18-8-3-9-19-32;1-3-13-28(14-4-1)41-33-17-7-9-21-36(33)45-43(46-41)48-37-22-10-8-18-34(37)40-31(19-11-23-39(40)48)29-24-25-38-35(27-29)32-20-12-26-44-42(32)47(38)30-15-5-2-6-16-30/h1-28H;1-27H. The molecule has 11 nitrogen and oxygen atoms in total. The Labute approximate surface area is 561 Å². The summed E-state index contributed by atoms with van der Waals surface area (Å²) in [7, 11) is 0. The van der Waals surface area contributed by atoms with Gasteiger partial charge in [-0.3, -0.25) is 13.7 Å². The number of fused-ring (bicyclic) bond motifs is 13. The molecule has 0 aliphatic heterocycles. The van der Waals surface area contributed by atoms with Gasteiger partial charge in [-0.2, -0.15) is 9.97 Å². The highest BCUT2D eigenvalue weighted by Crippen LogP contribution is 2.44. The highest BCUT2D eigenvalue weighted by atomic mass is 15.2. The largest absolute Gasteiger partial charge is 0.309 e. The minimum atomic E-state index is 0.525. The van der Waals surface area contributed by atoms with Crippen LogP contribution in [-0.2, 0) is 0 Å². The van der Waals surface area contributed by atoms with Crippen molar-refractivity contribution in [1.29, 1.82) is 0 Å². The van der Waals surface area contributed by atoms with Crippen LogP contribution in [0.4, 0.5) is 0 Å². The van der Waals surface area contributed by atoms with E-state index in [0.29, 0.717) is 23.5 Å². The molecule has 11 heteroatoms. The van der Waals surface area contributed by atoms with Gasteiger partial charge in [0.1, 0.15) is 11.3 Å². The van der Waals surface area contributed by atoms with E-state index in [-0.39, 0.29) is 0 Å². The predicted molar refractivity (Wildman–Crippen MR) is 399 cm³/mol. The topological polar surface area (TPSA) is 110 Å². The second-order valence-electron chi connectivity index (χ2n) is 24.4. The van der Waals surface area contributed by atoms with E-state index in [4.69, 9.17) is 34.9 Å². The summed E-state index contributed by atoms with van der Waals surface area (Å²) in [4.78, 5) is 35.2. The van der Waals surface area contributed by atoms with Crippen molar-refractivity contribution in [3.05, 3.63) is 334 Å². The molecule has 20 rings (SSSR count). The van der Waals surface area contributed by atoms with Gasteiger partial charge in [0.2, 0.25) is 11.9 Å². The molecule has 0 saturated carbocycles. The Morgan fingerprint density at radius 1 is 0.224 bits per heavy atom. The monoisotopic (exact) mass is 1250 g/mol. The smallest absolute Gasteiger partial charge is 0.240 e. The lowest BCUT2D eigenvalue weighted by atomic mass is 9.98. The number of pyridine rings is 2. The van der Waals surface area contributed by atoms with E-state index in [2.05, 4.69) is 249 Å². The Morgan fingerprint density at radius 3 is 1.19 bits per heavy atom. The minimum Gasteiger partial charge on any atom is -0.309 e. The first-order valence-electron chi connectivity index (χ1n) is 32.8. The molecule has 0 bridgehead atoms. The van der Waals surface area contributed by atoms with Crippen molar-refractivity contribution in [2.75, 3.05) is 0 Å². The quantitative estimate of drug-likeness (QED) is 0.142. The molecule has 0 aliphatic rings. The minimum absolute atomic E-state index is 0.525. The van der Waals surface area contributed by atoms with Gasteiger partial charge in [-0.15, -0.1) is 0 Å². The second kappa shape index (κ2) is 23.2. The van der Waals surface area contributed by atoms with Crippen LogP contribution in [0.15, 0.2) is 334 Å². The summed E-state index contributed by atoms with van der Waals surface area (Å²) in [6.45, 7) is 0. The molecule has 0 radical (unpaired) electrons. The average molecular weight is 1250 g/mol. The lowest BCUT2D eigenvalue weighted by Crippen LogP contribution is -2.06. The van der Waals surface area contributed by atoms with Crippen LogP contribution in [0.1, 0.15) is 0 Å². The van der Waals surface area contributed by atoms with Crippen molar-refractivity contribution in [1.82, 2.24) is 53.2 Å². The zero-order chi connectivity index (χ0) is 64.6. The van der Waals surface area contributed by atoms with Gasteiger partial charge < -0.3 is 4.57 Å². The maximum atomic E-state index is 5.27. The molecule has 0 N–H and O–H groups in total. The number of hydrogen-bond donors (Lipinski definition) is 0. The summed E-state index contributed by atoms with van der Waals surface area (Å²) >= 11 is 0. The van der Waals surface area contributed by atoms with Crippen LogP contribution >= 0.6 is 0 Å². The maximum Gasteiger partial charge on any atom is 0.240 e. The summed E-state index contributed by atoms with van der Waals surface area (Å²) in [6.07, 6.45) is 3.70. The highest BCUT2D eigenvalue weighted by Gasteiger charge is 2.24. The Balaban J connectivity index is 0.000000137. The van der Waals surface area contributed by atoms with Gasteiger partial charge in [-0.05, 0) is 125 Å². The van der Waals surface area contributed by atoms with Gasteiger partial charge in [-0.25, -0.2) is 24.9 Å². The number of nitrogens with zero attached hydrogens (tertiary/aromatic N) is 11. The number of aromatic nitrogens is 11. The van der Waals surface area contributed by atoms with Crippen molar-refractivity contribution < 1.29 is 0 Å². The van der Waals surface area contributed by atoms with E-state index in [1.807, 2.05) is 103 Å². The molecular weight excluding hydrogens is 1200 g/mol. The lowest BCUT2D eigenvalue weighted by molar-refractivity contribution is 0.944. The molecule has 8 aromatic heterocycles. The molecule has 0 atom stereocenters. The Bertz CT molecular complexity index is 6420. The van der Waals surface area contributed by atoms with Crippen molar-refractivity contribution in [2.24, 2.45) is 0 Å². The lowest BCUT2D eigenvalue weighted by Gasteiger charge is -2.12. The third kappa shape index (κ3) is 9.24. The Hall–Kier alpha value is -13.5. The first-order valence-corrected chi connectivity index (χ1v) is 32.8. The zero-order valence-electron chi connectivity index (χ0n) is 52.7. The van der Waals surface area contributed by atoms with Crippen LogP contribution in [0.5, 0.6) is 0 Å². The average Bonchev–Trinajstić information content (AvgIpc) is 1.60.